The van der Waals surface area contributed by atoms with Gasteiger partial charge in [-0.05, 0) is 25.2 Å². The fourth-order valence-corrected chi connectivity index (χ4v) is 6.19. The third kappa shape index (κ3) is 7.16. The third-order valence-electron chi connectivity index (χ3n) is 8.26. The Morgan fingerprint density at radius 3 is 2.27 bits per heavy atom. The van der Waals surface area contributed by atoms with Crippen molar-refractivity contribution in [3.05, 3.63) is 106 Å². The molecule has 0 aliphatic carbocycles. The minimum absolute atomic E-state index is 0.137. The SMILES string of the molecule is COc1cc(NCc2cnc(C(=O)Nc3cccc(-c4cccc(NC(=O)c5nc6c(n5C)CCN(C)C6)c4Cl)c3Cl)cc2OC)ccn1. The summed E-state index contributed by atoms with van der Waals surface area (Å²) in [7, 11) is 6.96. The number of hydrogen-bond donors (Lipinski definition) is 3. The van der Waals surface area contributed by atoms with Crippen LogP contribution in [0.15, 0.2) is 67.0 Å². The largest absolute Gasteiger partial charge is 0.496 e. The van der Waals surface area contributed by atoms with Gasteiger partial charge in [-0.15, -0.1) is 0 Å². The van der Waals surface area contributed by atoms with E-state index in [-0.39, 0.29) is 16.6 Å². The van der Waals surface area contributed by atoms with Crippen LogP contribution >= 0.6 is 23.2 Å². The van der Waals surface area contributed by atoms with E-state index < -0.39 is 5.91 Å². The van der Waals surface area contributed by atoms with Crippen LogP contribution in [0.25, 0.3) is 11.1 Å². The van der Waals surface area contributed by atoms with Gasteiger partial charge in [-0.1, -0.05) is 47.5 Å². The van der Waals surface area contributed by atoms with Crippen LogP contribution in [-0.4, -0.2) is 64.0 Å². The van der Waals surface area contributed by atoms with Gasteiger partial charge >= 0.3 is 0 Å². The Bertz CT molecular complexity index is 2050. The minimum Gasteiger partial charge on any atom is -0.496 e. The van der Waals surface area contributed by atoms with E-state index in [0.29, 0.717) is 58.1 Å². The van der Waals surface area contributed by atoms with Crippen LogP contribution in [0.5, 0.6) is 11.6 Å². The van der Waals surface area contributed by atoms with Gasteiger partial charge in [0.25, 0.3) is 11.8 Å². The molecule has 3 N–H and O–H groups in total. The number of pyridine rings is 2. The van der Waals surface area contributed by atoms with E-state index in [1.54, 1.807) is 68.0 Å². The smallest absolute Gasteiger partial charge is 0.291 e. The van der Waals surface area contributed by atoms with Crippen LogP contribution in [0.3, 0.4) is 0 Å². The van der Waals surface area contributed by atoms with Gasteiger partial charge in [-0.3, -0.25) is 14.6 Å². The predicted octanol–water partition coefficient (Wildman–Crippen LogP) is 6.31. The zero-order valence-electron chi connectivity index (χ0n) is 27.3. The standard InChI is InChI=1S/C35H34Cl2N8O4/c1-44-14-12-28-27(19-44)41-33(45(28)2)35(47)43-25-10-6-8-23(32(25)37)22-7-5-9-24(31(22)36)42-34(46)26-16-29(48-3)20(18-40-26)17-39-21-11-13-38-30(15-21)49-4/h5-11,13,15-16,18H,12,14,17,19H2,1-4H3,(H,38,39)(H,42,46)(H,43,47). The first-order valence-corrected chi connectivity index (χ1v) is 16.1. The molecule has 12 nitrogen and oxygen atoms in total. The van der Waals surface area contributed by atoms with Crippen molar-refractivity contribution in [2.24, 2.45) is 7.05 Å². The summed E-state index contributed by atoms with van der Waals surface area (Å²) in [4.78, 5) is 41.9. The average Bonchev–Trinajstić information content (AvgIpc) is 3.44. The number of fused-ring (bicyclic) bond motifs is 1. The van der Waals surface area contributed by atoms with E-state index in [1.165, 1.54) is 7.11 Å². The molecule has 5 aromatic rings. The van der Waals surface area contributed by atoms with Crippen LogP contribution in [-0.2, 0) is 26.6 Å². The lowest BCUT2D eigenvalue weighted by Gasteiger charge is -2.21. The van der Waals surface area contributed by atoms with E-state index >= 15 is 0 Å². The number of halogens is 2. The summed E-state index contributed by atoms with van der Waals surface area (Å²) >= 11 is 13.7. The Labute approximate surface area is 293 Å². The predicted molar refractivity (Wildman–Crippen MR) is 190 cm³/mol. The topological polar surface area (TPSA) is 136 Å². The summed E-state index contributed by atoms with van der Waals surface area (Å²) in [6, 6.07) is 15.7. The average molecular weight is 702 g/mol. The molecule has 0 saturated carbocycles. The summed E-state index contributed by atoms with van der Waals surface area (Å²) in [6.45, 7) is 1.98. The molecular weight excluding hydrogens is 667 g/mol. The van der Waals surface area contributed by atoms with Crippen molar-refractivity contribution < 1.29 is 19.1 Å². The number of nitrogens with zero attached hydrogens (tertiary/aromatic N) is 5. The van der Waals surface area contributed by atoms with E-state index in [4.69, 9.17) is 32.7 Å². The Balaban J connectivity index is 1.18. The van der Waals surface area contributed by atoms with Gasteiger partial charge < -0.3 is 34.9 Å². The van der Waals surface area contributed by atoms with Crippen LogP contribution in [0.4, 0.5) is 17.1 Å². The van der Waals surface area contributed by atoms with Gasteiger partial charge in [-0.25, -0.2) is 9.97 Å². The maximum Gasteiger partial charge on any atom is 0.291 e. The number of imidazole rings is 1. The molecule has 0 radical (unpaired) electrons. The third-order valence-corrected chi connectivity index (χ3v) is 9.07. The molecule has 2 aromatic carbocycles. The first-order valence-electron chi connectivity index (χ1n) is 15.4. The van der Waals surface area contributed by atoms with E-state index in [2.05, 4.69) is 35.8 Å². The highest BCUT2D eigenvalue weighted by Gasteiger charge is 2.25. The number of ether oxygens (including phenoxy) is 2. The summed E-state index contributed by atoms with van der Waals surface area (Å²) in [6.07, 6.45) is 4.04. The fraction of sp³-hybridized carbons (Fsp3) is 0.229. The van der Waals surface area contributed by atoms with Crippen molar-refractivity contribution in [1.29, 1.82) is 0 Å². The second-order valence-electron chi connectivity index (χ2n) is 11.4. The number of likely N-dealkylation sites (N-methyl/N-ethyl adjacent to an activating group) is 1. The quantitative estimate of drug-likeness (QED) is 0.153. The summed E-state index contributed by atoms with van der Waals surface area (Å²) in [5.41, 5.74) is 5.54. The van der Waals surface area contributed by atoms with Crippen molar-refractivity contribution in [2.75, 3.05) is 43.8 Å². The molecule has 0 fully saturated rings. The molecule has 3 aromatic heterocycles. The highest BCUT2D eigenvalue weighted by atomic mass is 35.5. The molecule has 4 heterocycles. The normalized spacial score (nSPS) is 12.6. The molecule has 2 amide bonds. The maximum atomic E-state index is 13.3. The molecule has 0 saturated heterocycles. The number of rotatable bonds is 10. The molecule has 6 rings (SSSR count). The van der Waals surface area contributed by atoms with Crippen LogP contribution in [0, 0.1) is 0 Å². The molecule has 0 atom stereocenters. The Kier molecular flexibility index (Phi) is 10.00. The van der Waals surface area contributed by atoms with E-state index in [9.17, 15) is 9.59 Å². The number of carbonyl (C=O) groups excluding carboxylic acids is 2. The molecule has 0 spiro atoms. The number of anilines is 3. The van der Waals surface area contributed by atoms with Gasteiger partial charge in [-0.2, -0.15) is 0 Å². The van der Waals surface area contributed by atoms with E-state index in [1.807, 2.05) is 24.7 Å². The second kappa shape index (κ2) is 14.5. The lowest BCUT2D eigenvalue weighted by Crippen LogP contribution is -2.27. The molecule has 1 aliphatic rings. The number of carbonyl (C=O) groups is 2. The number of methoxy groups -OCH3 is 2. The first-order chi connectivity index (χ1) is 23.7. The fourth-order valence-electron chi connectivity index (χ4n) is 5.64. The number of nitrogens with one attached hydrogen (secondary N) is 3. The Morgan fingerprint density at radius 2 is 1.59 bits per heavy atom. The minimum atomic E-state index is -0.480. The number of amides is 2. The molecule has 1 aliphatic heterocycles. The summed E-state index contributed by atoms with van der Waals surface area (Å²) < 4.78 is 12.6. The summed E-state index contributed by atoms with van der Waals surface area (Å²) in [5.74, 6) is 0.434. The maximum absolute atomic E-state index is 13.3. The first kappa shape index (κ1) is 33.7. The summed E-state index contributed by atoms with van der Waals surface area (Å²) in [5, 5.41) is 9.59. The van der Waals surface area contributed by atoms with Crippen molar-refractivity contribution in [1.82, 2.24) is 24.4 Å². The van der Waals surface area contributed by atoms with Gasteiger partial charge in [0.1, 0.15) is 11.4 Å². The number of aromatic nitrogens is 4. The molecule has 0 bridgehead atoms. The molecule has 252 valence electrons. The highest BCUT2D eigenvalue weighted by Crippen LogP contribution is 2.40. The van der Waals surface area contributed by atoms with Crippen LogP contribution < -0.4 is 25.4 Å². The Morgan fingerprint density at radius 1 is 0.898 bits per heavy atom. The highest BCUT2D eigenvalue weighted by molar-refractivity contribution is 6.40. The van der Waals surface area contributed by atoms with Crippen LogP contribution in [0.1, 0.15) is 38.1 Å². The van der Waals surface area contributed by atoms with Crippen molar-refractivity contribution in [3.8, 4) is 22.8 Å². The molecular formula is C35H34Cl2N8O4. The monoisotopic (exact) mass is 700 g/mol. The van der Waals surface area contributed by atoms with E-state index in [0.717, 1.165) is 35.6 Å². The van der Waals surface area contributed by atoms with Gasteiger partial charge in [0.05, 0.1) is 41.3 Å². The number of hydrogen-bond acceptors (Lipinski definition) is 9. The molecule has 49 heavy (non-hydrogen) atoms. The second-order valence-corrected chi connectivity index (χ2v) is 12.2. The lowest BCUT2D eigenvalue weighted by molar-refractivity contribution is 0.100. The zero-order chi connectivity index (χ0) is 34.7. The van der Waals surface area contributed by atoms with Gasteiger partial charge in [0.2, 0.25) is 5.88 Å². The molecule has 0 unspecified atom stereocenters. The van der Waals surface area contributed by atoms with Crippen molar-refractivity contribution in [3.63, 3.8) is 0 Å². The van der Waals surface area contributed by atoms with Crippen molar-refractivity contribution in [2.45, 2.75) is 19.5 Å². The zero-order valence-corrected chi connectivity index (χ0v) is 28.8. The van der Waals surface area contributed by atoms with Gasteiger partial charge in [0, 0.05) is 85.7 Å². The molecule has 14 heteroatoms. The van der Waals surface area contributed by atoms with Crippen LogP contribution in [0.2, 0.25) is 10.0 Å². The van der Waals surface area contributed by atoms with Crippen molar-refractivity contribution >= 4 is 52.1 Å². The Hall–Kier alpha value is -5.17. The van der Waals surface area contributed by atoms with Gasteiger partial charge in [0.15, 0.2) is 5.82 Å². The number of benzene rings is 2. The lowest BCUT2D eigenvalue weighted by atomic mass is 10.0.